The van der Waals surface area contributed by atoms with Crippen LogP contribution in [-0.4, -0.2) is 20.4 Å². The van der Waals surface area contributed by atoms with Gasteiger partial charge in [0.25, 0.3) is 0 Å². The van der Waals surface area contributed by atoms with E-state index in [2.05, 4.69) is 27.5 Å². The van der Waals surface area contributed by atoms with Crippen molar-refractivity contribution in [1.29, 1.82) is 0 Å². The summed E-state index contributed by atoms with van der Waals surface area (Å²) < 4.78 is 2.38. The maximum Gasteiger partial charge on any atom is 0.111 e. The Morgan fingerprint density at radius 2 is 2.29 bits per heavy atom. The minimum atomic E-state index is 0.234. The monoisotopic (exact) mass is 249 g/mol. The quantitative estimate of drug-likeness (QED) is 0.783. The molecule has 4 heteroatoms. The second-order valence-corrected chi connectivity index (χ2v) is 5.40. The molecule has 0 N–H and O–H groups in total. The van der Waals surface area contributed by atoms with Gasteiger partial charge in [-0.25, -0.2) is 4.98 Å². The Morgan fingerprint density at radius 3 is 2.94 bits per heavy atom. The van der Waals surface area contributed by atoms with E-state index in [0.29, 0.717) is 5.88 Å². The van der Waals surface area contributed by atoms with Gasteiger partial charge in [0.15, 0.2) is 0 Å². The first kappa shape index (κ1) is 11.0. The van der Waals surface area contributed by atoms with Crippen LogP contribution in [0.25, 0.3) is 11.0 Å². The summed E-state index contributed by atoms with van der Waals surface area (Å²) in [5.41, 5.74) is 2.42. The first-order valence-electron chi connectivity index (χ1n) is 6.12. The zero-order valence-corrected chi connectivity index (χ0v) is 10.7. The molecule has 0 spiro atoms. The number of pyridine rings is 1. The highest BCUT2D eigenvalue weighted by Crippen LogP contribution is 2.41. The van der Waals surface area contributed by atoms with Gasteiger partial charge in [-0.15, -0.1) is 11.6 Å². The lowest BCUT2D eigenvalue weighted by molar-refractivity contribution is 0.170. The summed E-state index contributed by atoms with van der Waals surface area (Å²) in [5.74, 6) is 1.72. The fourth-order valence-corrected chi connectivity index (χ4v) is 2.92. The Kier molecular flexibility index (Phi) is 2.58. The van der Waals surface area contributed by atoms with Crippen molar-refractivity contribution >= 4 is 22.6 Å². The second kappa shape index (κ2) is 3.98. The predicted molar refractivity (Wildman–Crippen MR) is 69.5 cm³/mol. The fraction of sp³-hybridized carbons (Fsp3) is 0.538. The predicted octanol–water partition coefficient (Wildman–Crippen LogP) is 3.11. The number of imidazole rings is 1. The Hall–Kier alpha value is -1.09. The van der Waals surface area contributed by atoms with Crippen molar-refractivity contribution in [2.75, 3.05) is 5.88 Å². The maximum atomic E-state index is 5.88. The molecule has 1 saturated carbocycles. The van der Waals surface area contributed by atoms with Crippen LogP contribution in [0.1, 0.15) is 32.0 Å². The molecule has 3 nitrogen and oxygen atoms in total. The van der Waals surface area contributed by atoms with E-state index in [-0.39, 0.29) is 5.54 Å². The molecule has 17 heavy (non-hydrogen) atoms. The number of alkyl halides is 1. The molecule has 0 saturated heterocycles. The van der Waals surface area contributed by atoms with E-state index in [1.54, 1.807) is 0 Å². The normalized spacial score (nSPS) is 18.2. The zero-order valence-electron chi connectivity index (χ0n) is 9.99. The number of halogens is 1. The summed E-state index contributed by atoms with van der Waals surface area (Å²) in [5, 5.41) is 0. The highest BCUT2D eigenvalue weighted by molar-refractivity contribution is 6.17. The molecule has 0 aliphatic heterocycles. The van der Waals surface area contributed by atoms with Crippen LogP contribution in [0.4, 0.5) is 0 Å². The van der Waals surface area contributed by atoms with Gasteiger partial charge in [-0.3, -0.25) is 4.98 Å². The molecule has 0 atom stereocenters. The number of nitrogens with zero attached hydrogens (tertiary/aromatic N) is 3. The molecule has 0 amide bonds. The minimum absolute atomic E-state index is 0.234. The lowest BCUT2D eigenvalue weighted by Crippen LogP contribution is -2.38. The van der Waals surface area contributed by atoms with Gasteiger partial charge in [-0.1, -0.05) is 0 Å². The molecule has 90 valence electrons. The van der Waals surface area contributed by atoms with Crippen molar-refractivity contribution in [2.24, 2.45) is 0 Å². The van der Waals surface area contributed by atoms with Crippen LogP contribution >= 0.6 is 11.6 Å². The van der Waals surface area contributed by atoms with Crippen LogP contribution in [0.5, 0.6) is 0 Å². The van der Waals surface area contributed by atoms with Gasteiger partial charge in [0.05, 0.1) is 11.7 Å². The lowest BCUT2D eigenvalue weighted by atomic mass is 9.78. The van der Waals surface area contributed by atoms with Gasteiger partial charge < -0.3 is 4.57 Å². The Bertz CT molecular complexity index is 543. The molecule has 0 radical (unpaired) electrons. The van der Waals surface area contributed by atoms with Gasteiger partial charge in [0.1, 0.15) is 11.3 Å². The SMILES string of the molecule is CC1(n2c(CCCl)nc3cnccc32)CCC1. The largest absolute Gasteiger partial charge is 0.322 e. The standard InChI is InChI=1S/C13H16ClN3/c1-13(5-2-6-13)17-11-4-8-15-9-10(11)16-12(17)3-7-14/h4,8-9H,2-3,5-7H2,1H3. The Morgan fingerprint density at radius 1 is 1.47 bits per heavy atom. The molecule has 0 aromatic carbocycles. The van der Waals surface area contributed by atoms with E-state index in [4.69, 9.17) is 11.6 Å². The third kappa shape index (κ3) is 1.64. The van der Waals surface area contributed by atoms with Gasteiger partial charge in [0.2, 0.25) is 0 Å². The van der Waals surface area contributed by atoms with Crippen LogP contribution in [0.2, 0.25) is 0 Å². The summed E-state index contributed by atoms with van der Waals surface area (Å²) in [6.45, 7) is 2.32. The van der Waals surface area contributed by atoms with E-state index in [1.807, 2.05) is 12.4 Å². The fourth-order valence-electron chi connectivity index (χ4n) is 2.75. The average molecular weight is 250 g/mol. The van der Waals surface area contributed by atoms with Gasteiger partial charge in [-0.05, 0) is 32.3 Å². The molecular weight excluding hydrogens is 234 g/mol. The first-order chi connectivity index (χ1) is 8.24. The number of aryl methyl sites for hydroxylation is 1. The number of hydrogen-bond acceptors (Lipinski definition) is 2. The summed E-state index contributed by atoms with van der Waals surface area (Å²) in [7, 11) is 0. The molecule has 3 rings (SSSR count). The van der Waals surface area contributed by atoms with Crippen LogP contribution in [0, 0.1) is 0 Å². The number of fused-ring (bicyclic) bond motifs is 1. The molecule has 0 bridgehead atoms. The van der Waals surface area contributed by atoms with E-state index < -0.39 is 0 Å². The average Bonchev–Trinajstić information content (AvgIpc) is 2.65. The lowest BCUT2D eigenvalue weighted by Gasteiger charge is -2.41. The van der Waals surface area contributed by atoms with Crippen molar-refractivity contribution in [3.8, 4) is 0 Å². The maximum absolute atomic E-state index is 5.88. The zero-order chi connectivity index (χ0) is 11.9. The summed E-state index contributed by atoms with van der Waals surface area (Å²) in [6, 6.07) is 2.06. The number of aromatic nitrogens is 3. The van der Waals surface area contributed by atoms with Gasteiger partial charge in [0, 0.05) is 24.0 Å². The summed E-state index contributed by atoms with van der Waals surface area (Å²) in [6.07, 6.45) is 8.28. The molecule has 0 unspecified atom stereocenters. The minimum Gasteiger partial charge on any atom is -0.322 e. The van der Waals surface area contributed by atoms with E-state index >= 15 is 0 Å². The van der Waals surface area contributed by atoms with Crippen molar-refractivity contribution in [1.82, 2.24) is 14.5 Å². The summed E-state index contributed by atoms with van der Waals surface area (Å²) in [4.78, 5) is 8.81. The third-order valence-electron chi connectivity index (χ3n) is 3.81. The molecule has 1 aliphatic carbocycles. The van der Waals surface area contributed by atoms with Gasteiger partial charge in [-0.2, -0.15) is 0 Å². The molecule has 1 aliphatic rings. The number of rotatable bonds is 3. The van der Waals surface area contributed by atoms with E-state index in [1.165, 1.54) is 24.8 Å². The van der Waals surface area contributed by atoms with Crippen LogP contribution in [0.15, 0.2) is 18.5 Å². The first-order valence-corrected chi connectivity index (χ1v) is 6.66. The number of hydrogen-bond donors (Lipinski definition) is 0. The third-order valence-corrected chi connectivity index (χ3v) is 4.00. The Balaban J connectivity index is 2.21. The highest BCUT2D eigenvalue weighted by atomic mass is 35.5. The van der Waals surface area contributed by atoms with Crippen LogP contribution in [0.3, 0.4) is 0 Å². The molecule has 2 aromatic heterocycles. The molecule has 2 heterocycles. The van der Waals surface area contributed by atoms with Crippen LogP contribution in [-0.2, 0) is 12.0 Å². The van der Waals surface area contributed by atoms with Crippen LogP contribution < -0.4 is 0 Å². The molecule has 1 fully saturated rings. The topological polar surface area (TPSA) is 30.7 Å². The highest BCUT2D eigenvalue weighted by Gasteiger charge is 2.36. The Labute approximate surface area is 106 Å². The summed E-state index contributed by atoms with van der Waals surface area (Å²) >= 11 is 5.88. The van der Waals surface area contributed by atoms with Crippen molar-refractivity contribution in [2.45, 2.75) is 38.1 Å². The van der Waals surface area contributed by atoms with E-state index in [9.17, 15) is 0 Å². The van der Waals surface area contributed by atoms with Crippen molar-refractivity contribution < 1.29 is 0 Å². The second-order valence-electron chi connectivity index (χ2n) is 5.02. The molecular formula is C13H16ClN3. The van der Waals surface area contributed by atoms with E-state index in [0.717, 1.165) is 17.8 Å². The smallest absolute Gasteiger partial charge is 0.111 e. The van der Waals surface area contributed by atoms with Crippen molar-refractivity contribution in [3.63, 3.8) is 0 Å². The van der Waals surface area contributed by atoms with Gasteiger partial charge >= 0.3 is 0 Å². The van der Waals surface area contributed by atoms with Crippen molar-refractivity contribution in [3.05, 3.63) is 24.3 Å². The molecule has 2 aromatic rings.